The van der Waals surface area contributed by atoms with Crippen molar-refractivity contribution in [3.63, 3.8) is 0 Å². The molecule has 2 N–H and O–H groups in total. The molecule has 5 heteroatoms. The first-order chi connectivity index (χ1) is 15.2. The van der Waals surface area contributed by atoms with Gasteiger partial charge in [0, 0.05) is 18.7 Å². The first kappa shape index (κ1) is 22.9. The molecule has 0 radical (unpaired) electrons. The van der Waals surface area contributed by atoms with Crippen molar-refractivity contribution in [1.82, 2.24) is 9.97 Å². The third kappa shape index (κ3) is 6.84. The molecular weight excluding hydrogens is 386 g/mol. The van der Waals surface area contributed by atoms with Crippen LogP contribution in [0.1, 0.15) is 77.3 Å². The summed E-state index contributed by atoms with van der Waals surface area (Å²) in [4.78, 5) is 23.6. The summed E-state index contributed by atoms with van der Waals surface area (Å²) in [5.74, 6) is 0.913. The van der Waals surface area contributed by atoms with Crippen LogP contribution in [0, 0.1) is 0 Å². The van der Waals surface area contributed by atoms with Crippen LogP contribution in [0.15, 0.2) is 47.2 Å². The van der Waals surface area contributed by atoms with Gasteiger partial charge in [-0.1, -0.05) is 51.9 Å². The minimum atomic E-state index is 0.134. The third-order valence-corrected chi connectivity index (χ3v) is 5.50. The van der Waals surface area contributed by atoms with Crippen LogP contribution in [0.25, 0.3) is 17.5 Å². The zero-order valence-electron chi connectivity index (χ0n) is 18.9. The Labute approximate surface area is 185 Å². The van der Waals surface area contributed by atoms with Gasteiger partial charge in [-0.15, -0.1) is 0 Å². The Morgan fingerprint density at radius 3 is 2.52 bits per heavy atom. The van der Waals surface area contributed by atoms with E-state index in [4.69, 9.17) is 4.74 Å². The summed E-state index contributed by atoms with van der Waals surface area (Å²) in [7, 11) is 0. The number of carbonyl (C=O) groups excluding carboxylic acids is 1. The first-order valence-corrected chi connectivity index (χ1v) is 11.7. The number of Topliss-reactive ketones (excluding diaryl/α,β-unsaturated/α-hetero) is 1. The van der Waals surface area contributed by atoms with Gasteiger partial charge in [0.15, 0.2) is 5.78 Å². The average Bonchev–Trinajstić information content (AvgIpc) is 3.52. The number of nitrogens with zero attached hydrogens (tertiary/aromatic N) is 1. The third-order valence-electron chi connectivity index (χ3n) is 5.50. The number of rotatable bonds is 14. The van der Waals surface area contributed by atoms with Crippen LogP contribution >= 0.6 is 0 Å². The fourth-order valence-electron chi connectivity index (χ4n) is 3.79. The number of unbranched alkanes of at least 4 members (excludes halogenated alkanes) is 7. The summed E-state index contributed by atoms with van der Waals surface area (Å²) >= 11 is 0. The zero-order chi connectivity index (χ0) is 21.9. The smallest absolute Gasteiger partial charge is 0.181 e. The van der Waals surface area contributed by atoms with Gasteiger partial charge in [0.25, 0.3) is 0 Å². The van der Waals surface area contributed by atoms with Crippen molar-refractivity contribution in [2.45, 2.75) is 71.6 Å². The van der Waals surface area contributed by atoms with Crippen LogP contribution < -0.4 is 4.74 Å². The van der Waals surface area contributed by atoms with Gasteiger partial charge >= 0.3 is 0 Å². The molecule has 5 nitrogen and oxygen atoms in total. The maximum atomic E-state index is 12.5. The summed E-state index contributed by atoms with van der Waals surface area (Å²) in [5.41, 5.74) is 4.13. The van der Waals surface area contributed by atoms with Crippen LogP contribution in [0.2, 0.25) is 0 Å². The van der Waals surface area contributed by atoms with Crippen molar-refractivity contribution < 1.29 is 9.53 Å². The van der Waals surface area contributed by atoms with Gasteiger partial charge in [0.05, 0.1) is 29.4 Å². The normalized spacial score (nSPS) is 14.4. The number of ether oxygens (including phenoxy) is 1. The lowest BCUT2D eigenvalue weighted by Crippen LogP contribution is -2.09. The second-order valence-electron chi connectivity index (χ2n) is 8.03. The topological polar surface area (TPSA) is 70.2 Å². The van der Waals surface area contributed by atoms with E-state index in [0.29, 0.717) is 18.7 Å². The standard InChI is InChI=1S/C26H35N3O2/c1-3-5-6-7-8-9-10-11-14-25(30)22-16-15-20(28-22)18-24-26(31-4-2)19-23(29-24)21-13-12-17-27-21/h12-13,15-19,27,29H,3-11,14H2,1-2H3/b20-18+. The number of hydrogen-bond acceptors (Lipinski definition) is 3. The SMILES string of the molecule is CCCCCCCCCCC(=O)C1=N/C(=C/c2[nH]c(-c3ccc[nH]3)cc2OCC)C=C1. The Balaban J connectivity index is 1.54. The van der Waals surface area contributed by atoms with Crippen LogP contribution in [0.3, 0.4) is 0 Å². The zero-order valence-corrected chi connectivity index (χ0v) is 18.9. The molecular formula is C26H35N3O2. The van der Waals surface area contributed by atoms with E-state index in [1.807, 2.05) is 49.5 Å². The van der Waals surface area contributed by atoms with Gasteiger partial charge < -0.3 is 14.7 Å². The molecule has 0 unspecified atom stereocenters. The van der Waals surface area contributed by atoms with Gasteiger partial charge in [-0.05, 0) is 43.7 Å². The van der Waals surface area contributed by atoms with Crippen molar-refractivity contribution in [2.24, 2.45) is 4.99 Å². The lowest BCUT2D eigenvalue weighted by molar-refractivity contribution is -0.113. The summed E-state index contributed by atoms with van der Waals surface area (Å²) in [5, 5.41) is 0. The minimum Gasteiger partial charge on any atom is -0.492 e. The van der Waals surface area contributed by atoms with Gasteiger partial charge in [0.2, 0.25) is 0 Å². The number of aromatic nitrogens is 2. The highest BCUT2D eigenvalue weighted by Gasteiger charge is 2.15. The van der Waals surface area contributed by atoms with Gasteiger partial charge in [0.1, 0.15) is 11.5 Å². The van der Waals surface area contributed by atoms with Crippen molar-refractivity contribution in [3.05, 3.63) is 47.9 Å². The minimum absolute atomic E-state index is 0.134. The van der Waals surface area contributed by atoms with Crippen LogP contribution in [0.5, 0.6) is 5.75 Å². The molecule has 0 fully saturated rings. The van der Waals surface area contributed by atoms with Gasteiger partial charge in [-0.25, -0.2) is 4.99 Å². The predicted molar refractivity (Wildman–Crippen MR) is 129 cm³/mol. The molecule has 0 spiro atoms. The van der Waals surface area contributed by atoms with E-state index in [0.717, 1.165) is 41.4 Å². The van der Waals surface area contributed by atoms with Gasteiger partial charge in [-0.2, -0.15) is 0 Å². The van der Waals surface area contributed by atoms with E-state index in [2.05, 4.69) is 21.9 Å². The molecule has 3 heterocycles. The summed E-state index contributed by atoms with van der Waals surface area (Å²) in [6, 6.07) is 5.95. The highest BCUT2D eigenvalue weighted by atomic mass is 16.5. The lowest BCUT2D eigenvalue weighted by Gasteiger charge is -2.02. The molecule has 0 amide bonds. The number of nitrogens with one attached hydrogen (secondary N) is 2. The fraction of sp³-hybridized carbons (Fsp3) is 0.462. The first-order valence-electron chi connectivity index (χ1n) is 11.7. The van der Waals surface area contributed by atoms with Crippen LogP contribution in [-0.4, -0.2) is 28.1 Å². The molecule has 2 aromatic rings. The van der Waals surface area contributed by atoms with Crippen molar-refractivity contribution >= 4 is 17.6 Å². The van der Waals surface area contributed by atoms with E-state index >= 15 is 0 Å². The molecule has 0 aromatic carbocycles. The maximum Gasteiger partial charge on any atom is 0.181 e. The number of carbonyl (C=O) groups is 1. The molecule has 166 valence electrons. The molecule has 1 aliphatic rings. The molecule has 2 aromatic heterocycles. The molecule has 0 aliphatic carbocycles. The number of allylic oxidation sites excluding steroid dienone is 2. The number of aliphatic imine (C=N–C) groups is 1. The van der Waals surface area contributed by atoms with E-state index in [1.54, 1.807) is 0 Å². The summed E-state index contributed by atoms with van der Waals surface area (Å²) in [6.45, 7) is 4.79. The van der Waals surface area contributed by atoms with Gasteiger partial charge in [-0.3, -0.25) is 4.79 Å². The second kappa shape index (κ2) is 12.1. The lowest BCUT2D eigenvalue weighted by atomic mass is 10.0. The second-order valence-corrected chi connectivity index (χ2v) is 8.03. The van der Waals surface area contributed by atoms with Crippen molar-refractivity contribution in [2.75, 3.05) is 6.61 Å². The Kier molecular flexibility index (Phi) is 8.95. The quantitative estimate of drug-likeness (QED) is 0.327. The summed E-state index contributed by atoms with van der Waals surface area (Å²) < 4.78 is 5.78. The van der Waals surface area contributed by atoms with Crippen molar-refractivity contribution in [1.29, 1.82) is 0 Å². The van der Waals surface area contributed by atoms with Crippen LogP contribution in [0.4, 0.5) is 0 Å². The number of hydrogen-bond donors (Lipinski definition) is 2. The number of ketones is 1. The highest BCUT2D eigenvalue weighted by Crippen LogP contribution is 2.29. The number of H-pyrrole nitrogens is 2. The van der Waals surface area contributed by atoms with E-state index < -0.39 is 0 Å². The Bertz CT molecular complexity index is 917. The Hall–Kier alpha value is -2.82. The predicted octanol–water partition coefficient (Wildman–Crippen LogP) is 6.86. The monoisotopic (exact) mass is 421 g/mol. The maximum absolute atomic E-state index is 12.5. The molecule has 0 saturated heterocycles. The van der Waals surface area contributed by atoms with E-state index in [9.17, 15) is 4.79 Å². The molecule has 0 atom stereocenters. The van der Waals surface area contributed by atoms with E-state index in [-0.39, 0.29) is 5.78 Å². The van der Waals surface area contributed by atoms with Crippen LogP contribution in [-0.2, 0) is 4.79 Å². The molecule has 0 bridgehead atoms. The molecule has 31 heavy (non-hydrogen) atoms. The molecule has 0 saturated carbocycles. The van der Waals surface area contributed by atoms with E-state index in [1.165, 1.54) is 38.5 Å². The average molecular weight is 422 g/mol. The highest BCUT2D eigenvalue weighted by molar-refractivity contribution is 6.45. The largest absolute Gasteiger partial charge is 0.492 e. The Morgan fingerprint density at radius 2 is 1.81 bits per heavy atom. The number of aromatic amines is 2. The summed E-state index contributed by atoms with van der Waals surface area (Å²) in [6.07, 6.45) is 18.0. The molecule has 1 aliphatic heterocycles. The van der Waals surface area contributed by atoms with Crippen molar-refractivity contribution in [3.8, 4) is 17.1 Å². The fourth-order valence-corrected chi connectivity index (χ4v) is 3.79. The Morgan fingerprint density at radius 1 is 1.03 bits per heavy atom. The molecule has 3 rings (SSSR count).